The molecule has 0 spiro atoms. The molecule has 4 aromatic rings. The molecular weight excluding hydrogens is 360 g/mol. The maximum Gasteiger partial charge on any atom is 0.163 e. The second-order valence-electron chi connectivity index (χ2n) is 5.97. The Morgan fingerprint density at radius 3 is 2.56 bits per heavy atom. The molecule has 6 heteroatoms. The summed E-state index contributed by atoms with van der Waals surface area (Å²) in [5.74, 6) is 2.09. The van der Waals surface area contributed by atoms with Crippen LogP contribution < -0.4 is 10.1 Å². The second kappa shape index (κ2) is 7.21. The molecule has 0 radical (unpaired) electrons. The van der Waals surface area contributed by atoms with E-state index >= 15 is 0 Å². The van der Waals surface area contributed by atoms with Gasteiger partial charge in [0.15, 0.2) is 5.82 Å². The van der Waals surface area contributed by atoms with Gasteiger partial charge in [0.25, 0.3) is 0 Å². The molecule has 0 aliphatic rings. The summed E-state index contributed by atoms with van der Waals surface area (Å²) in [7, 11) is 3.49. The smallest absolute Gasteiger partial charge is 0.163 e. The van der Waals surface area contributed by atoms with Gasteiger partial charge in [0.1, 0.15) is 11.6 Å². The van der Waals surface area contributed by atoms with E-state index in [1.54, 1.807) is 19.5 Å². The van der Waals surface area contributed by atoms with Crippen molar-refractivity contribution in [2.24, 2.45) is 0 Å². The molecule has 27 heavy (non-hydrogen) atoms. The van der Waals surface area contributed by atoms with Gasteiger partial charge in [-0.05, 0) is 47.5 Å². The number of hydrogen-bond donors (Lipinski definition) is 1. The number of anilines is 1. The van der Waals surface area contributed by atoms with Crippen LogP contribution in [0, 0.1) is 0 Å². The van der Waals surface area contributed by atoms with Crippen molar-refractivity contribution in [1.29, 1.82) is 0 Å². The summed E-state index contributed by atoms with van der Waals surface area (Å²) in [6.07, 6.45) is 3.45. The number of nitrogens with one attached hydrogen (secondary N) is 1. The zero-order valence-electron chi connectivity index (χ0n) is 14.9. The predicted molar refractivity (Wildman–Crippen MR) is 109 cm³/mol. The fraction of sp³-hybridized carbons (Fsp3) is 0.0952. The molecule has 4 rings (SSSR count). The average molecular weight is 377 g/mol. The van der Waals surface area contributed by atoms with E-state index in [1.165, 1.54) is 0 Å². The molecule has 0 atom stereocenters. The molecule has 0 saturated heterocycles. The number of halogens is 1. The molecule has 0 bridgehead atoms. The lowest BCUT2D eigenvalue weighted by Gasteiger charge is -2.12. The number of rotatable bonds is 4. The molecule has 2 aromatic carbocycles. The highest BCUT2D eigenvalue weighted by molar-refractivity contribution is 6.35. The van der Waals surface area contributed by atoms with E-state index in [4.69, 9.17) is 16.3 Å². The number of benzene rings is 2. The summed E-state index contributed by atoms with van der Waals surface area (Å²) in [6.45, 7) is 0. The number of ether oxygens (including phenoxy) is 1. The first-order valence-corrected chi connectivity index (χ1v) is 8.81. The predicted octanol–water partition coefficient (Wildman–Crippen LogP) is 5.06. The largest absolute Gasteiger partial charge is 0.497 e. The number of aromatic nitrogens is 3. The Bertz CT molecular complexity index is 1120. The zero-order valence-corrected chi connectivity index (χ0v) is 15.7. The Morgan fingerprint density at radius 1 is 0.963 bits per heavy atom. The van der Waals surface area contributed by atoms with Gasteiger partial charge in [-0.25, -0.2) is 9.97 Å². The van der Waals surface area contributed by atoms with Crippen molar-refractivity contribution in [3.8, 4) is 28.3 Å². The number of nitrogens with zero attached hydrogens (tertiary/aromatic N) is 3. The first-order chi connectivity index (χ1) is 13.2. The van der Waals surface area contributed by atoms with E-state index in [1.807, 2.05) is 55.6 Å². The maximum atomic E-state index is 6.61. The molecule has 0 fully saturated rings. The van der Waals surface area contributed by atoms with E-state index in [0.29, 0.717) is 22.2 Å². The van der Waals surface area contributed by atoms with Crippen molar-refractivity contribution in [3.63, 3.8) is 0 Å². The lowest BCUT2D eigenvalue weighted by molar-refractivity contribution is 0.415. The molecule has 5 nitrogen and oxygen atoms in total. The fourth-order valence-electron chi connectivity index (χ4n) is 2.97. The topological polar surface area (TPSA) is 59.9 Å². The summed E-state index contributed by atoms with van der Waals surface area (Å²) in [6, 6.07) is 15.6. The van der Waals surface area contributed by atoms with E-state index in [-0.39, 0.29) is 0 Å². The molecule has 0 aliphatic carbocycles. The Kier molecular flexibility index (Phi) is 4.60. The van der Waals surface area contributed by atoms with Gasteiger partial charge < -0.3 is 10.1 Å². The van der Waals surface area contributed by atoms with Crippen LogP contribution in [0.4, 0.5) is 5.82 Å². The second-order valence-corrected chi connectivity index (χ2v) is 6.38. The quantitative estimate of drug-likeness (QED) is 0.539. The van der Waals surface area contributed by atoms with E-state index in [0.717, 1.165) is 27.8 Å². The van der Waals surface area contributed by atoms with Gasteiger partial charge in [0, 0.05) is 30.4 Å². The average Bonchev–Trinajstić information content (AvgIpc) is 2.73. The van der Waals surface area contributed by atoms with E-state index in [9.17, 15) is 0 Å². The normalized spacial score (nSPS) is 10.8. The summed E-state index contributed by atoms with van der Waals surface area (Å²) in [4.78, 5) is 13.5. The number of methoxy groups -OCH3 is 1. The molecule has 0 aliphatic heterocycles. The van der Waals surface area contributed by atoms with Crippen molar-refractivity contribution < 1.29 is 4.74 Å². The molecule has 0 unspecified atom stereocenters. The van der Waals surface area contributed by atoms with Gasteiger partial charge in [-0.15, -0.1) is 0 Å². The molecule has 2 heterocycles. The van der Waals surface area contributed by atoms with Crippen molar-refractivity contribution in [2.75, 3.05) is 19.5 Å². The van der Waals surface area contributed by atoms with E-state index < -0.39 is 0 Å². The molecule has 0 amide bonds. The molecule has 2 aromatic heterocycles. The van der Waals surface area contributed by atoms with Crippen LogP contribution in [0.5, 0.6) is 5.75 Å². The van der Waals surface area contributed by atoms with Crippen LogP contribution in [0.25, 0.3) is 33.4 Å². The molecule has 0 saturated carbocycles. The van der Waals surface area contributed by atoms with E-state index in [2.05, 4.69) is 20.3 Å². The number of hydrogen-bond acceptors (Lipinski definition) is 5. The van der Waals surface area contributed by atoms with Gasteiger partial charge in [-0.3, -0.25) is 4.98 Å². The third kappa shape index (κ3) is 3.29. The lowest BCUT2D eigenvalue weighted by Crippen LogP contribution is -2.00. The SMILES string of the molecule is CNc1nc(-c2cccnc2)nc2c(Cl)cc(-c3cccc(OC)c3)cc12. The lowest BCUT2D eigenvalue weighted by atomic mass is 10.0. The highest BCUT2D eigenvalue weighted by Crippen LogP contribution is 2.35. The van der Waals surface area contributed by atoms with Gasteiger partial charge >= 0.3 is 0 Å². The maximum absolute atomic E-state index is 6.61. The van der Waals surface area contributed by atoms with Crippen molar-refractivity contribution in [3.05, 3.63) is 65.9 Å². The highest BCUT2D eigenvalue weighted by atomic mass is 35.5. The monoisotopic (exact) mass is 376 g/mol. The van der Waals surface area contributed by atoms with Crippen LogP contribution in [0.3, 0.4) is 0 Å². The van der Waals surface area contributed by atoms with Crippen LogP contribution in [0.2, 0.25) is 5.02 Å². The fourth-order valence-corrected chi connectivity index (χ4v) is 3.24. The van der Waals surface area contributed by atoms with Crippen molar-refractivity contribution in [1.82, 2.24) is 15.0 Å². The first kappa shape index (κ1) is 17.2. The minimum absolute atomic E-state index is 0.564. The molecular formula is C21H17ClN4O. The molecule has 1 N–H and O–H groups in total. The highest BCUT2D eigenvalue weighted by Gasteiger charge is 2.14. The summed E-state index contributed by atoms with van der Waals surface area (Å²) >= 11 is 6.61. The summed E-state index contributed by atoms with van der Waals surface area (Å²) in [5.41, 5.74) is 3.52. The zero-order chi connectivity index (χ0) is 18.8. The van der Waals surface area contributed by atoms with Crippen LogP contribution in [-0.2, 0) is 0 Å². The Morgan fingerprint density at radius 2 is 1.81 bits per heavy atom. The minimum atomic E-state index is 0.564. The van der Waals surface area contributed by atoms with Crippen LogP contribution in [-0.4, -0.2) is 29.1 Å². The van der Waals surface area contributed by atoms with Crippen molar-refractivity contribution >= 4 is 28.3 Å². The Hall–Kier alpha value is -3.18. The third-order valence-corrected chi connectivity index (χ3v) is 4.60. The standard InChI is InChI=1S/C21H17ClN4O/c1-23-21-17-10-15(13-5-3-7-16(9-13)27-2)11-18(22)19(17)25-20(26-21)14-6-4-8-24-12-14/h3-12H,1-2H3,(H,23,25,26). The van der Waals surface area contributed by atoms with Crippen LogP contribution in [0.1, 0.15) is 0 Å². The minimum Gasteiger partial charge on any atom is -0.497 e. The van der Waals surface area contributed by atoms with Gasteiger partial charge in [-0.1, -0.05) is 23.7 Å². The Labute approximate surface area is 162 Å². The van der Waals surface area contributed by atoms with Crippen LogP contribution >= 0.6 is 11.6 Å². The summed E-state index contributed by atoms with van der Waals surface area (Å²) in [5, 5.41) is 4.57. The van der Waals surface area contributed by atoms with Gasteiger partial charge in [0.2, 0.25) is 0 Å². The van der Waals surface area contributed by atoms with Gasteiger partial charge in [-0.2, -0.15) is 0 Å². The summed E-state index contributed by atoms with van der Waals surface area (Å²) < 4.78 is 5.33. The van der Waals surface area contributed by atoms with Crippen LogP contribution in [0.15, 0.2) is 60.9 Å². The van der Waals surface area contributed by atoms with Gasteiger partial charge in [0.05, 0.1) is 17.6 Å². The third-order valence-electron chi connectivity index (χ3n) is 4.31. The Balaban J connectivity index is 1.92. The number of fused-ring (bicyclic) bond motifs is 1. The van der Waals surface area contributed by atoms with Crippen molar-refractivity contribution in [2.45, 2.75) is 0 Å². The first-order valence-electron chi connectivity index (χ1n) is 8.43. The number of pyridine rings is 1. The molecule has 134 valence electrons.